The second-order valence-corrected chi connectivity index (χ2v) is 5.69. The summed E-state index contributed by atoms with van der Waals surface area (Å²) in [5.41, 5.74) is 2.85. The maximum atomic E-state index is 13.0. The van der Waals surface area contributed by atoms with Gasteiger partial charge < -0.3 is 10.6 Å². The molecule has 0 spiro atoms. The van der Waals surface area contributed by atoms with Crippen molar-refractivity contribution in [3.8, 4) is 0 Å². The molecule has 2 aromatic rings. The predicted molar refractivity (Wildman–Crippen MR) is 99.9 cm³/mol. The smallest absolute Gasteiger partial charge is 0.196 e. The van der Waals surface area contributed by atoms with Gasteiger partial charge >= 0.3 is 0 Å². The Bertz CT molecular complexity index is 861. The summed E-state index contributed by atoms with van der Waals surface area (Å²) in [6.45, 7) is 4.54. The number of hydrogen-bond acceptors (Lipinski definition) is 6. The number of carbonyl (C=O) groups is 2. The number of anilines is 2. The highest BCUT2D eigenvalue weighted by atomic mass is 17.2. The van der Waals surface area contributed by atoms with Gasteiger partial charge in [-0.3, -0.25) is 9.59 Å². The van der Waals surface area contributed by atoms with Gasteiger partial charge in [0.15, 0.2) is 11.6 Å². The highest BCUT2D eigenvalue weighted by Crippen LogP contribution is 2.36. The van der Waals surface area contributed by atoms with Crippen LogP contribution < -0.4 is 10.6 Å². The van der Waals surface area contributed by atoms with Crippen molar-refractivity contribution in [2.45, 2.75) is 0 Å². The largest absolute Gasteiger partial charge is 0.388 e. The van der Waals surface area contributed by atoms with E-state index in [1.807, 2.05) is 0 Å². The lowest BCUT2D eigenvalue weighted by atomic mass is 9.82. The van der Waals surface area contributed by atoms with Crippen LogP contribution in [0.3, 0.4) is 0 Å². The van der Waals surface area contributed by atoms with Crippen LogP contribution in [0.25, 0.3) is 0 Å². The Balaban J connectivity index is 1.91. The maximum Gasteiger partial charge on any atom is 0.196 e. The number of nitrogens with one attached hydrogen (secondary N) is 2. The van der Waals surface area contributed by atoms with Crippen LogP contribution in [0.1, 0.15) is 31.8 Å². The Morgan fingerprint density at radius 1 is 0.962 bits per heavy atom. The fourth-order valence-electron chi connectivity index (χ4n) is 2.96. The second-order valence-electron chi connectivity index (χ2n) is 5.69. The third-order valence-electron chi connectivity index (χ3n) is 4.12. The van der Waals surface area contributed by atoms with Crippen LogP contribution in [0.2, 0.25) is 0 Å². The average Bonchev–Trinajstić information content (AvgIpc) is 2.68. The van der Waals surface area contributed by atoms with Crippen LogP contribution in [0.15, 0.2) is 49.1 Å². The fraction of sp³-hybridized carbons (Fsp3) is 0.200. The first-order valence-corrected chi connectivity index (χ1v) is 8.31. The van der Waals surface area contributed by atoms with Crippen LogP contribution in [0.4, 0.5) is 11.4 Å². The molecule has 0 aliphatic heterocycles. The van der Waals surface area contributed by atoms with Crippen molar-refractivity contribution in [2.75, 3.05) is 37.4 Å². The van der Waals surface area contributed by atoms with Crippen molar-refractivity contribution in [1.29, 1.82) is 0 Å². The van der Waals surface area contributed by atoms with Crippen molar-refractivity contribution < 1.29 is 19.4 Å². The van der Waals surface area contributed by atoms with Gasteiger partial charge in [0.2, 0.25) is 0 Å². The summed E-state index contributed by atoms with van der Waals surface area (Å²) in [6.07, 6.45) is 1.59. The first kappa shape index (κ1) is 17.8. The average molecular weight is 352 g/mol. The lowest BCUT2D eigenvalue weighted by Crippen LogP contribution is -2.24. The summed E-state index contributed by atoms with van der Waals surface area (Å²) < 4.78 is 0. The highest BCUT2D eigenvalue weighted by molar-refractivity contribution is 6.31. The molecule has 3 rings (SSSR count). The summed E-state index contributed by atoms with van der Waals surface area (Å²) in [5, 5.41) is 6.15. The molecule has 1 aliphatic rings. The van der Waals surface area contributed by atoms with Gasteiger partial charge in [-0.15, -0.1) is 6.58 Å². The quantitative estimate of drug-likeness (QED) is 0.281. The van der Waals surface area contributed by atoms with Gasteiger partial charge in [0.25, 0.3) is 0 Å². The van der Waals surface area contributed by atoms with E-state index in [0.717, 1.165) is 0 Å². The molecule has 6 nitrogen and oxygen atoms in total. The van der Waals surface area contributed by atoms with Crippen LogP contribution in [0.5, 0.6) is 0 Å². The lowest BCUT2D eigenvalue weighted by Gasteiger charge is -2.23. The van der Waals surface area contributed by atoms with E-state index in [-0.39, 0.29) is 18.2 Å². The summed E-state index contributed by atoms with van der Waals surface area (Å²) in [4.78, 5) is 35.8. The van der Waals surface area contributed by atoms with Crippen LogP contribution in [0, 0.1) is 0 Å². The molecule has 0 amide bonds. The molecule has 6 heteroatoms. The zero-order chi connectivity index (χ0) is 18.5. The first-order valence-electron chi connectivity index (χ1n) is 8.31. The van der Waals surface area contributed by atoms with Crippen molar-refractivity contribution in [3.63, 3.8) is 0 Å². The number of carbonyl (C=O) groups excluding carboxylic acids is 2. The molecule has 0 unspecified atom stereocenters. The molecule has 0 bridgehead atoms. The minimum absolute atomic E-state index is 0.159. The van der Waals surface area contributed by atoms with E-state index >= 15 is 0 Å². The van der Waals surface area contributed by atoms with E-state index in [4.69, 9.17) is 9.78 Å². The highest BCUT2D eigenvalue weighted by Gasteiger charge is 2.33. The van der Waals surface area contributed by atoms with Crippen molar-refractivity contribution in [3.05, 3.63) is 71.3 Å². The topological polar surface area (TPSA) is 76.7 Å². The number of hydrogen-bond donors (Lipinski definition) is 2. The third-order valence-corrected chi connectivity index (χ3v) is 4.12. The molecule has 0 saturated carbocycles. The Hall–Kier alpha value is -2.96. The predicted octanol–water partition coefficient (Wildman–Crippen LogP) is 3.05. The minimum Gasteiger partial charge on any atom is -0.388 e. The van der Waals surface area contributed by atoms with Crippen molar-refractivity contribution >= 4 is 22.9 Å². The summed E-state index contributed by atoms with van der Waals surface area (Å²) >= 11 is 0. The molecule has 0 atom stereocenters. The Labute approximate surface area is 151 Å². The fourth-order valence-corrected chi connectivity index (χ4v) is 2.96. The van der Waals surface area contributed by atoms with E-state index in [2.05, 4.69) is 17.2 Å². The standard InChI is InChI=1S/C20H20N2O4/c1-3-11-25-26-12-10-22-16-9-8-15(21-2)17-18(16)20(24)14-7-5-4-6-13(14)19(17)23/h3-9,21-22H,1,10-12H2,2H3. The molecule has 0 saturated heterocycles. The van der Waals surface area contributed by atoms with E-state index in [0.29, 0.717) is 46.8 Å². The monoisotopic (exact) mass is 352 g/mol. The molecular formula is C20H20N2O4. The van der Waals surface area contributed by atoms with Crippen LogP contribution in [-0.2, 0) is 9.78 Å². The van der Waals surface area contributed by atoms with Gasteiger partial charge in [-0.05, 0) is 12.1 Å². The summed E-state index contributed by atoms with van der Waals surface area (Å²) in [5.74, 6) is -0.326. The number of rotatable bonds is 8. The Kier molecular flexibility index (Phi) is 5.46. The zero-order valence-corrected chi connectivity index (χ0v) is 14.5. The number of benzene rings is 2. The molecule has 26 heavy (non-hydrogen) atoms. The van der Waals surface area contributed by atoms with E-state index in [9.17, 15) is 9.59 Å². The van der Waals surface area contributed by atoms with Crippen LogP contribution in [-0.4, -0.2) is 38.4 Å². The lowest BCUT2D eigenvalue weighted by molar-refractivity contribution is -0.283. The summed E-state index contributed by atoms with van der Waals surface area (Å²) in [7, 11) is 1.73. The summed E-state index contributed by atoms with van der Waals surface area (Å²) in [6, 6.07) is 10.5. The Morgan fingerprint density at radius 2 is 1.58 bits per heavy atom. The van der Waals surface area contributed by atoms with E-state index < -0.39 is 0 Å². The SMILES string of the molecule is C=CCOOCCNc1ccc(NC)c2c1C(=O)c1ccccc1C2=O. The molecule has 0 fully saturated rings. The molecule has 0 aromatic heterocycles. The normalized spacial score (nSPS) is 12.3. The molecule has 1 aliphatic carbocycles. The van der Waals surface area contributed by atoms with Gasteiger partial charge in [-0.1, -0.05) is 30.3 Å². The third kappa shape index (κ3) is 3.24. The van der Waals surface area contributed by atoms with E-state index in [1.165, 1.54) is 0 Å². The van der Waals surface area contributed by atoms with Crippen molar-refractivity contribution in [1.82, 2.24) is 0 Å². The minimum atomic E-state index is -0.168. The van der Waals surface area contributed by atoms with Gasteiger partial charge in [0.05, 0.1) is 17.7 Å². The second kappa shape index (κ2) is 7.95. The van der Waals surface area contributed by atoms with Gasteiger partial charge in [0.1, 0.15) is 6.61 Å². The zero-order valence-electron chi connectivity index (χ0n) is 14.5. The molecule has 2 aromatic carbocycles. The molecule has 0 radical (unpaired) electrons. The number of fused-ring (bicyclic) bond motifs is 2. The van der Waals surface area contributed by atoms with Crippen LogP contribution >= 0.6 is 0 Å². The van der Waals surface area contributed by atoms with Gasteiger partial charge in [-0.25, -0.2) is 9.78 Å². The van der Waals surface area contributed by atoms with E-state index in [1.54, 1.807) is 49.5 Å². The van der Waals surface area contributed by atoms with Gasteiger partial charge in [-0.2, -0.15) is 0 Å². The Morgan fingerprint density at radius 3 is 2.19 bits per heavy atom. The molecule has 134 valence electrons. The maximum absolute atomic E-state index is 13.0. The van der Waals surface area contributed by atoms with Gasteiger partial charge in [0, 0.05) is 36.1 Å². The van der Waals surface area contributed by atoms with Crippen molar-refractivity contribution in [2.24, 2.45) is 0 Å². The number of ketones is 2. The first-order chi connectivity index (χ1) is 12.7. The molecule has 0 heterocycles. The molecular weight excluding hydrogens is 332 g/mol. The molecule has 2 N–H and O–H groups in total.